The second kappa shape index (κ2) is 11.9. The first-order chi connectivity index (χ1) is 11.7. The first-order valence-corrected chi connectivity index (χ1v) is 8.65. The number of carbonyl (C=O) groups is 1. The highest BCUT2D eigenvalue weighted by atomic mass is 127. The van der Waals surface area contributed by atoms with Crippen LogP contribution < -0.4 is 21.1 Å². The van der Waals surface area contributed by atoms with E-state index in [1.54, 1.807) is 7.11 Å². The van der Waals surface area contributed by atoms with Crippen molar-refractivity contribution in [3.63, 3.8) is 0 Å². The monoisotopic (exact) mass is 460 g/mol. The molecule has 0 radical (unpaired) electrons. The maximum Gasteiger partial charge on any atom is 0.220 e. The van der Waals surface area contributed by atoms with E-state index in [1.807, 2.05) is 24.3 Å². The number of nitrogens with two attached hydrogens (primary N) is 1. The summed E-state index contributed by atoms with van der Waals surface area (Å²) in [5.74, 6) is 1.76. The van der Waals surface area contributed by atoms with Crippen molar-refractivity contribution in [2.45, 2.75) is 38.5 Å². The molecule has 0 unspecified atom stereocenters. The maximum absolute atomic E-state index is 11.9. The number of amides is 1. The smallest absolute Gasteiger partial charge is 0.220 e. The molecule has 1 amide bonds. The van der Waals surface area contributed by atoms with Gasteiger partial charge < -0.3 is 21.1 Å². The number of halogens is 1. The van der Waals surface area contributed by atoms with Crippen molar-refractivity contribution in [2.75, 3.05) is 25.5 Å². The molecule has 1 aliphatic rings. The largest absolute Gasteiger partial charge is 0.497 e. The van der Waals surface area contributed by atoms with Gasteiger partial charge in [0, 0.05) is 24.7 Å². The number of benzene rings is 1. The zero-order valence-electron chi connectivity index (χ0n) is 14.8. The summed E-state index contributed by atoms with van der Waals surface area (Å²) in [6, 6.07) is 7.46. The predicted octanol–water partition coefficient (Wildman–Crippen LogP) is 3.13. The molecule has 1 aromatic carbocycles. The molecule has 140 valence electrons. The molecular weight excluding hydrogens is 431 g/mol. The highest BCUT2D eigenvalue weighted by molar-refractivity contribution is 14.0. The summed E-state index contributed by atoms with van der Waals surface area (Å²) in [6.45, 7) is 0.964. The second-order valence-electron chi connectivity index (χ2n) is 6.18. The Balaban J connectivity index is 0.00000312. The van der Waals surface area contributed by atoms with Gasteiger partial charge in [-0.3, -0.25) is 9.79 Å². The van der Waals surface area contributed by atoms with Crippen LogP contribution in [0.3, 0.4) is 0 Å². The quantitative estimate of drug-likeness (QED) is 0.253. The zero-order valence-corrected chi connectivity index (χ0v) is 17.1. The van der Waals surface area contributed by atoms with Gasteiger partial charge in [-0.05, 0) is 30.9 Å². The summed E-state index contributed by atoms with van der Waals surface area (Å²) in [6.07, 6.45) is 6.84. The van der Waals surface area contributed by atoms with Crippen LogP contribution >= 0.6 is 24.0 Å². The minimum atomic E-state index is 0. The number of guanidine groups is 1. The van der Waals surface area contributed by atoms with Gasteiger partial charge in [-0.2, -0.15) is 0 Å². The van der Waals surface area contributed by atoms with Crippen LogP contribution in [0, 0.1) is 5.92 Å². The molecule has 4 N–H and O–H groups in total. The number of rotatable bonds is 7. The Labute approximate surface area is 167 Å². The van der Waals surface area contributed by atoms with Gasteiger partial charge in [0.25, 0.3) is 0 Å². The van der Waals surface area contributed by atoms with Crippen molar-refractivity contribution >= 4 is 41.5 Å². The van der Waals surface area contributed by atoms with Crippen LogP contribution in [0.1, 0.15) is 38.5 Å². The van der Waals surface area contributed by atoms with Crippen molar-refractivity contribution in [1.82, 2.24) is 5.32 Å². The fourth-order valence-electron chi connectivity index (χ4n) is 2.99. The molecule has 2 rings (SSSR count). The minimum absolute atomic E-state index is 0. The van der Waals surface area contributed by atoms with Crippen LogP contribution in [0.4, 0.5) is 5.69 Å². The molecule has 1 saturated carbocycles. The molecule has 25 heavy (non-hydrogen) atoms. The van der Waals surface area contributed by atoms with Crippen molar-refractivity contribution in [3.8, 4) is 5.75 Å². The Kier molecular flexibility index (Phi) is 10.3. The molecule has 7 heteroatoms. The second-order valence-corrected chi connectivity index (χ2v) is 6.18. The molecular formula is C18H29IN4O2. The average Bonchev–Trinajstić information content (AvgIpc) is 2.60. The molecule has 1 aromatic rings. The van der Waals surface area contributed by atoms with E-state index in [-0.39, 0.29) is 29.9 Å². The van der Waals surface area contributed by atoms with Gasteiger partial charge in [0.15, 0.2) is 5.96 Å². The number of nitrogens with zero attached hydrogens (tertiary/aromatic N) is 1. The highest BCUT2D eigenvalue weighted by Crippen LogP contribution is 2.25. The lowest BCUT2D eigenvalue weighted by atomic mass is 9.87. The normalized spacial score (nSPS) is 15.2. The Morgan fingerprint density at radius 3 is 2.80 bits per heavy atom. The van der Waals surface area contributed by atoms with E-state index in [0.717, 1.165) is 11.4 Å². The molecule has 1 aliphatic carbocycles. The third-order valence-corrected chi connectivity index (χ3v) is 4.26. The van der Waals surface area contributed by atoms with E-state index < -0.39 is 0 Å². The molecule has 0 atom stereocenters. The van der Waals surface area contributed by atoms with Gasteiger partial charge in [0.1, 0.15) is 5.75 Å². The molecule has 0 spiro atoms. The van der Waals surface area contributed by atoms with E-state index in [1.165, 1.54) is 32.1 Å². The summed E-state index contributed by atoms with van der Waals surface area (Å²) in [5.41, 5.74) is 6.67. The molecule has 0 aromatic heterocycles. The number of hydrogen-bond donors (Lipinski definition) is 3. The lowest BCUT2D eigenvalue weighted by Gasteiger charge is -2.20. The van der Waals surface area contributed by atoms with Crippen LogP contribution in [0.15, 0.2) is 29.3 Å². The third kappa shape index (κ3) is 8.42. The van der Waals surface area contributed by atoms with E-state index in [2.05, 4.69) is 15.6 Å². The maximum atomic E-state index is 11.9. The van der Waals surface area contributed by atoms with Crippen LogP contribution in [-0.4, -0.2) is 32.1 Å². The fourth-order valence-corrected chi connectivity index (χ4v) is 2.99. The van der Waals surface area contributed by atoms with Gasteiger partial charge >= 0.3 is 0 Å². The molecule has 0 aliphatic heterocycles. The van der Waals surface area contributed by atoms with E-state index in [9.17, 15) is 4.79 Å². The van der Waals surface area contributed by atoms with Crippen LogP contribution in [0.5, 0.6) is 5.75 Å². The Hall–Kier alpha value is -1.51. The number of methoxy groups -OCH3 is 1. The molecule has 0 saturated heterocycles. The van der Waals surface area contributed by atoms with Gasteiger partial charge in [-0.15, -0.1) is 24.0 Å². The van der Waals surface area contributed by atoms with Crippen molar-refractivity contribution in [3.05, 3.63) is 24.3 Å². The van der Waals surface area contributed by atoms with E-state index in [4.69, 9.17) is 10.5 Å². The third-order valence-electron chi connectivity index (χ3n) is 4.26. The van der Waals surface area contributed by atoms with E-state index >= 15 is 0 Å². The lowest BCUT2D eigenvalue weighted by Crippen LogP contribution is -2.30. The Bertz CT molecular complexity index is 560. The van der Waals surface area contributed by atoms with Gasteiger partial charge in [-0.25, -0.2) is 0 Å². The number of carbonyl (C=O) groups excluding carboxylic acids is 1. The molecule has 0 heterocycles. The Morgan fingerprint density at radius 1 is 1.32 bits per heavy atom. The predicted molar refractivity (Wildman–Crippen MR) is 113 cm³/mol. The minimum Gasteiger partial charge on any atom is -0.497 e. The zero-order chi connectivity index (χ0) is 17.2. The lowest BCUT2D eigenvalue weighted by molar-refractivity contribution is -0.122. The summed E-state index contributed by atoms with van der Waals surface area (Å²) in [4.78, 5) is 16.1. The number of aliphatic imine (C=N–C) groups is 1. The number of nitrogens with one attached hydrogen (secondary N) is 2. The van der Waals surface area contributed by atoms with E-state index in [0.29, 0.717) is 31.4 Å². The molecule has 0 bridgehead atoms. The Morgan fingerprint density at radius 2 is 2.08 bits per heavy atom. The number of hydrogen-bond acceptors (Lipinski definition) is 3. The van der Waals surface area contributed by atoms with Crippen molar-refractivity contribution < 1.29 is 9.53 Å². The molecule has 1 fully saturated rings. The number of ether oxygens (including phenoxy) is 1. The van der Waals surface area contributed by atoms with Crippen molar-refractivity contribution in [1.29, 1.82) is 0 Å². The van der Waals surface area contributed by atoms with Crippen LogP contribution in [0.2, 0.25) is 0 Å². The highest BCUT2D eigenvalue weighted by Gasteiger charge is 2.16. The van der Waals surface area contributed by atoms with Crippen LogP contribution in [-0.2, 0) is 4.79 Å². The summed E-state index contributed by atoms with van der Waals surface area (Å²) in [7, 11) is 1.62. The first-order valence-electron chi connectivity index (χ1n) is 8.65. The topological polar surface area (TPSA) is 88.7 Å². The van der Waals surface area contributed by atoms with Gasteiger partial charge in [0.2, 0.25) is 5.91 Å². The van der Waals surface area contributed by atoms with Crippen molar-refractivity contribution in [2.24, 2.45) is 16.6 Å². The summed E-state index contributed by atoms with van der Waals surface area (Å²) < 4.78 is 5.16. The SMILES string of the molecule is COc1cccc(NC(N)=NCCNC(=O)CC2CCCCC2)c1.I. The number of anilines is 1. The fraction of sp³-hybridized carbons (Fsp3) is 0.556. The molecule has 6 nitrogen and oxygen atoms in total. The standard InChI is InChI=1S/C18H28N4O2.HI/c1-24-16-9-5-8-15(13-16)22-18(19)21-11-10-20-17(23)12-14-6-3-2-4-7-14;/h5,8-9,13-14H,2-4,6-7,10-12H2,1H3,(H,20,23)(H3,19,21,22);1H. The van der Waals surface area contributed by atoms with Crippen LogP contribution in [0.25, 0.3) is 0 Å². The average molecular weight is 460 g/mol. The van der Waals surface area contributed by atoms with Gasteiger partial charge in [0.05, 0.1) is 13.7 Å². The van der Waals surface area contributed by atoms with Gasteiger partial charge in [-0.1, -0.05) is 25.3 Å². The summed E-state index contributed by atoms with van der Waals surface area (Å²) in [5, 5.41) is 5.92. The summed E-state index contributed by atoms with van der Waals surface area (Å²) >= 11 is 0. The first kappa shape index (κ1) is 21.5.